The van der Waals surface area contributed by atoms with Crippen LogP contribution < -0.4 is 0 Å². The highest BCUT2D eigenvalue weighted by Crippen LogP contribution is 2.45. The number of hydrogen-bond donors (Lipinski definition) is 1. The Morgan fingerprint density at radius 2 is 1.74 bits per heavy atom. The van der Waals surface area contributed by atoms with Crippen LogP contribution >= 0.6 is 46.6 Å². The fourth-order valence-corrected chi connectivity index (χ4v) is 5.39. The molecule has 0 amide bonds. The molecule has 0 bridgehead atoms. The van der Waals surface area contributed by atoms with Crippen LogP contribution in [0.4, 0.5) is 0 Å². The van der Waals surface area contributed by atoms with Gasteiger partial charge in [0.15, 0.2) is 0 Å². The lowest BCUT2D eigenvalue weighted by Crippen LogP contribution is -2.06. The number of thioether (sulfide) groups is 1. The number of aromatic nitrogens is 2. The molecule has 1 heterocycles. The average Bonchev–Trinajstić information content (AvgIpc) is 3.22. The molecule has 0 aliphatic carbocycles. The minimum Gasteiger partial charge on any atom is -0.336 e. The number of halogens is 3. The summed E-state index contributed by atoms with van der Waals surface area (Å²) in [6, 6.07) is 18.2. The topological polar surface area (TPSA) is 81.2 Å². The van der Waals surface area contributed by atoms with Crippen LogP contribution in [0.1, 0.15) is 10.8 Å². The second kappa shape index (κ2) is 10.7. The Labute approximate surface area is 197 Å². The summed E-state index contributed by atoms with van der Waals surface area (Å²) in [4.78, 5) is 13.4. The van der Waals surface area contributed by atoms with Crippen molar-refractivity contribution in [1.82, 2.24) is 9.55 Å². The second-order valence-electron chi connectivity index (χ2n) is 6.37. The zero-order valence-electron chi connectivity index (χ0n) is 15.9. The van der Waals surface area contributed by atoms with E-state index in [1.165, 1.54) is 16.3 Å². The van der Waals surface area contributed by atoms with Gasteiger partial charge in [-0.1, -0.05) is 77.3 Å². The lowest BCUT2D eigenvalue weighted by Gasteiger charge is -2.21. The minimum atomic E-state index is -1.50. The van der Waals surface area contributed by atoms with Crippen molar-refractivity contribution in [1.29, 1.82) is 0 Å². The van der Waals surface area contributed by atoms with E-state index in [4.69, 9.17) is 50.1 Å². The van der Waals surface area contributed by atoms with Crippen molar-refractivity contribution in [3.63, 3.8) is 0 Å². The van der Waals surface area contributed by atoms with E-state index in [1.807, 2.05) is 12.5 Å². The van der Waals surface area contributed by atoms with Crippen LogP contribution in [-0.4, -0.2) is 19.8 Å². The number of hydrogen-bond acceptors (Lipinski definition) is 4. The Balaban J connectivity index is 0.000000628. The van der Waals surface area contributed by atoms with Gasteiger partial charge in [0.1, 0.15) is 0 Å². The van der Waals surface area contributed by atoms with Crippen LogP contribution in [0, 0.1) is 10.1 Å². The van der Waals surface area contributed by atoms with Crippen molar-refractivity contribution in [3.8, 4) is 0 Å². The SMILES string of the molecule is Clc1cc(Cl)c(SC(Cn2ccnc2)c2cccc3ccccc23)c(Cl)c1.O=[N+]([O-])O. The fourth-order valence-electron chi connectivity index (χ4n) is 3.10. The lowest BCUT2D eigenvalue weighted by molar-refractivity contribution is -0.742. The highest BCUT2D eigenvalue weighted by atomic mass is 35.5. The number of imidazole rings is 1. The molecular weight excluding hydrogens is 481 g/mol. The molecule has 4 rings (SSSR count). The molecular formula is C21H16Cl3N3O3S. The number of rotatable bonds is 5. The Bertz CT molecular complexity index is 1160. The molecule has 0 spiro atoms. The largest absolute Gasteiger partial charge is 0.336 e. The molecule has 0 saturated carbocycles. The third-order valence-corrected chi connectivity index (χ3v) is 6.73. The summed E-state index contributed by atoms with van der Waals surface area (Å²) in [5.41, 5.74) is 1.23. The highest BCUT2D eigenvalue weighted by molar-refractivity contribution is 7.99. The van der Waals surface area contributed by atoms with Gasteiger partial charge >= 0.3 is 0 Å². The molecule has 10 heteroatoms. The standard InChI is InChI=1S/C21H15Cl3N2S.HNO3/c22-15-10-18(23)21(19(24)11-15)27-20(12-26-9-8-25-13-26)17-7-3-5-14-4-1-2-6-16(14)17;2-1(3)4/h1-11,13,20H,12H2;(H,2,3,4). The first-order valence-electron chi connectivity index (χ1n) is 8.93. The Morgan fingerprint density at radius 3 is 2.39 bits per heavy atom. The summed E-state index contributed by atoms with van der Waals surface area (Å²) in [5, 5.41) is 17.8. The van der Waals surface area contributed by atoms with E-state index >= 15 is 0 Å². The second-order valence-corrected chi connectivity index (χ2v) is 8.83. The van der Waals surface area contributed by atoms with Crippen LogP contribution in [0.5, 0.6) is 0 Å². The van der Waals surface area contributed by atoms with Gasteiger partial charge in [-0.2, -0.15) is 0 Å². The van der Waals surface area contributed by atoms with Gasteiger partial charge in [-0.05, 0) is 28.5 Å². The summed E-state index contributed by atoms with van der Waals surface area (Å²) < 4.78 is 2.07. The normalized spacial score (nSPS) is 11.6. The van der Waals surface area contributed by atoms with Crippen LogP contribution in [0.3, 0.4) is 0 Å². The van der Waals surface area contributed by atoms with Crippen molar-refractivity contribution < 1.29 is 10.3 Å². The summed E-state index contributed by atoms with van der Waals surface area (Å²) in [6.45, 7) is 0.744. The predicted molar refractivity (Wildman–Crippen MR) is 125 cm³/mol. The Hall–Kier alpha value is -2.45. The van der Waals surface area contributed by atoms with Gasteiger partial charge in [0.05, 0.1) is 21.6 Å². The summed E-state index contributed by atoms with van der Waals surface area (Å²) >= 11 is 20.6. The summed E-state index contributed by atoms with van der Waals surface area (Å²) in [7, 11) is 0. The van der Waals surface area contributed by atoms with Gasteiger partial charge < -0.3 is 9.77 Å². The fraction of sp³-hybridized carbons (Fsp3) is 0.0952. The van der Waals surface area contributed by atoms with Gasteiger partial charge in [-0.25, -0.2) is 4.98 Å². The minimum absolute atomic E-state index is 0.0986. The third kappa shape index (κ3) is 6.27. The molecule has 0 fully saturated rings. The van der Waals surface area contributed by atoms with Crippen LogP contribution in [-0.2, 0) is 6.54 Å². The predicted octanol–water partition coefficient (Wildman–Crippen LogP) is 7.18. The van der Waals surface area contributed by atoms with Crippen molar-refractivity contribution in [3.05, 3.63) is 104 Å². The maximum absolute atomic E-state index is 8.36. The van der Waals surface area contributed by atoms with E-state index in [-0.39, 0.29) is 5.25 Å². The van der Waals surface area contributed by atoms with Gasteiger partial charge in [0.2, 0.25) is 0 Å². The van der Waals surface area contributed by atoms with E-state index < -0.39 is 5.09 Å². The number of fused-ring (bicyclic) bond motifs is 1. The monoisotopic (exact) mass is 495 g/mol. The molecule has 1 unspecified atom stereocenters. The Kier molecular flexibility index (Phi) is 8.03. The van der Waals surface area contributed by atoms with Gasteiger partial charge in [-0.15, -0.1) is 21.9 Å². The van der Waals surface area contributed by atoms with E-state index in [0.717, 1.165) is 11.4 Å². The molecule has 6 nitrogen and oxygen atoms in total. The Morgan fingerprint density at radius 1 is 1.10 bits per heavy atom. The summed E-state index contributed by atoms with van der Waals surface area (Å²) in [6.07, 6.45) is 5.57. The lowest BCUT2D eigenvalue weighted by atomic mass is 10.0. The van der Waals surface area contributed by atoms with Crippen molar-refractivity contribution in [2.24, 2.45) is 0 Å². The molecule has 1 N–H and O–H groups in total. The number of benzene rings is 3. The van der Waals surface area contributed by atoms with Crippen LogP contribution in [0.2, 0.25) is 15.1 Å². The molecule has 0 saturated heterocycles. The van der Waals surface area contributed by atoms with Gasteiger partial charge in [-0.3, -0.25) is 0 Å². The molecule has 0 aliphatic rings. The molecule has 0 aliphatic heterocycles. The quantitative estimate of drug-likeness (QED) is 0.180. The number of nitrogens with zero attached hydrogens (tertiary/aromatic N) is 3. The average molecular weight is 497 g/mol. The van der Waals surface area contributed by atoms with Crippen molar-refractivity contribution >= 4 is 57.3 Å². The van der Waals surface area contributed by atoms with E-state index in [2.05, 4.69) is 52.0 Å². The molecule has 160 valence electrons. The van der Waals surface area contributed by atoms with E-state index in [0.29, 0.717) is 15.1 Å². The zero-order chi connectivity index (χ0) is 22.4. The molecule has 3 aromatic carbocycles. The molecule has 31 heavy (non-hydrogen) atoms. The van der Waals surface area contributed by atoms with Crippen LogP contribution in [0.15, 0.2) is 78.2 Å². The first-order chi connectivity index (χ1) is 14.8. The zero-order valence-corrected chi connectivity index (χ0v) is 18.9. The maximum atomic E-state index is 8.36. The first-order valence-corrected chi connectivity index (χ1v) is 10.9. The summed E-state index contributed by atoms with van der Waals surface area (Å²) in [5.74, 6) is 0. The van der Waals surface area contributed by atoms with Crippen molar-refractivity contribution in [2.45, 2.75) is 16.7 Å². The molecule has 1 aromatic heterocycles. The van der Waals surface area contributed by atoms with Gasteiger partial charge in [0.25, 0.3) is 5.09 Å². The van der Waals surface area contributed by atoms with E-state index in [9.17, 15) is 0 Å². The molecule has 4 aromatic rings. The maximum Gasteiger partial charge on any atom is 0.291 e. The van der Waals surface area contributed by atoms with Gasteiger partial charge in [0, 0.05) is 28.9 Å². The molecule has 1 atom stereocenters. The highest BCUT2D eigenvalue weighted by Gasteiger charge is 2.20. The van der Waals surface area contributed by atoms with Crippen LogP contribution in [0.25, 0.3) is 10.8 Å². The smallest absolute Gasteiger partial charge is 0.291 e. The third-order valence-electron chi connectivity index (χ3n) is 4.33. The first kappa shape index (κ1) is 23.2. The van der Waals surface area contributed by atoms with Crippen molar-refractivity contribution in [2.75, 3.05) is 0 Å². The molecule has 0 radical (unpaired) electrons. The van der Waals surface area contributed by atoms with E-state index in [1.54, 1.807) is 30.1 Å².